The van der Waals surface area contributed by atoms with Gasteiger partial charge in [-0.05, 0) is 54.0 Å². The number of esters is 1. The van der Waals surface area contributed by atoms with Crippen molar-refractivity contribution in [3.05, 3.63) is 64.2 Å². The number of hydrogen-bond acceptors (Lipinski definition) is 3. The standard InChI is InChI=1S/C21H24ClF3O3Si/c1-20(2,3)29(4,5)27-13-14-6-9-16(10-7-14)28-19(26)17-12-15(21(23,24)25)8-11-18(17)22/h6-12H,13H2,1-5H3. The molecule has 0 aliphatic carbocycles. The highest BCUT2D eigenvalue weighted by molar-refractivity contribution is 6.74. The van der Waals surface area contributed by atoms with Crippen molar-refractivity contribution in [3.63, 3.8) is 0 Å². The van der Waals surface area contributed by atoms with Gasteiger partial charge in [0.2, 0.25) is 0 Å². The van der Waals surface area contributed by atoms with Crippen LogP contribution in [0.15, 0.2) is 42.5 Å². The monoisotopic (exact) mass is 444 g/mol. The second kappa shape index (κ2) is 8.50. The molecule has 3 nitrogen and oxygen atoms in total. The average Bonchev–Trinajstić information content (AvgIpc) is 2.59. The number of carbonyl (C=O) groups excluding carboxylic acids is 1. The van der Waals surface area contributed by atoms with Crippen LogP contribution in [0.2, 0.25) is 23.2 Å². The van der Waals surface area contributed by atoms with E-state index in [1.807, 2.05) is 0 Å². The summed E-state index contributed by atoms with van der Waals surface area (Å²) < 4.78 is 49.9. The molecule has 0 radical (unpaired) electrons. The molecule has 0 bridgehead atoms. The lowest BCUT2D eigenvalue weighted by atomic mass is 10.1. The van der Waals surface area contributed by atoms with E-state index in [-0.39, 0.29) is 21.4 Å². The molecule has 0 fully saturated rings. The Bertz CT molecular complexity index is 872. The molecule has 2 rings (SSSR count). The third-order valence-electron chi connectivity index (χ3n) is 5.05. The highest BCUT2D eigenvalue weighted by Gasteiger charge is 2.37. The maximum atomic E-state index is 12.9. The number of hydrogen-bond donors (Lipinski definition) is 0. The molecule has 0 aromatic heterocycles. The quantitative estimate of drug-likeness (QED) is 0.280. The first kappa shape index (κ1) is 23.4. The van der Waals surface area contributed by atoms with Crippen molar-refractivity contribution in [1.29, 1.82) is 0 Å². The van der Waals surface area contributed by atoms with Gasteiger partial charge in [0.1, 0.15) is 5.75 Å². The average molecular weight is 445 g/mol. The minimum Gasteiger partial charge on any atom is -0.423 e. The van der Waals surface area contributed by atoms with Crippen LogP contribution in [-0.4, -0.2) is 14.3 Å². The molecule has 0 unspecified atom stereocenters. The van der Waals surface area contributed by atoms with Gasteiger partial charge in [0, 0.05) is 0 Å². The molecule has 0 spiro atoms. The van der Waals surface area contributed by atoms with Gasteiger partial charge in [0.25, 0.3) is 0 Å². The summed E-state index contributed by atoms with van der Waals surface area (Å²) in [5.74, 6) is -0.745. The molecule has 0 heterocycles. The first-order valence-electron chi connectivity index (χ1n) is 9.02. The third kappa shape index (κ3) is 6.07. The van der Waals surface area contributed by atoms with Crippen LogP contribution >= 0.6 is 11.6 Å². The van der Waals surface area contributed by atoms with E-state index in [1.165, 1.54) is 0 Å². The van der Waals surface area contributed by atoms with E-state index in [4.69, 9.17) is 20.8 Å². The first-order valence-corrected chi connectivity index (χ1v) is 12.3. The van der Waals surface area contributed by atoms with E-state index >= 15 is 0 Å². The van der Waals surface area contributed by atoms with Gasteiger partial charge in [-0.3, -0.25) is 0 Å². The minimum absolute atomic E-state index is 0.0900. The Morgan fingerprint density at radius 1 is 1.03 bits per heavy atom. The van der Waals surface area contributed by atoms with Crippen LogP contribution in [0, 0.1) is 0 Å². The fourth-order valence-corrected chi connectivity index (χ4v) is 3.31. The minimum atomic E-state index is -4.58. The van der Waals surface area contributed by atoms with Crippen molar-refractivity contribution in [2.24, 2.45) is 0 Å². The van der Waals surface area contributed by atoms with E-state index in [1.54, 1.807) is 24.3 Å². The number of ether oxygens (including phenoxy) is 1. The fraction of sp³-hybridized carbons (Fsp3) is 0.381. The zero-order valence-electron chi connectivity index (χ0n) is 17.0. The summed E-state index contributed by atoms with van der Waals surface area (Å²) in [6, 6.07) is 9.19. The Kier molecular flexibility index (Phi) is 6.87. The fourth-order valence-electron chi connectivity index (χ4n) is 2.15. The smallest absolute Gasteiger partial charge is 0.416 e. The number of carbonyl (C=O) groups is 1. The molecular formula is C21H24ClF3O3Si. The Morgan fingerprint density at radius 2 is 1.62 bits per heavy atom. The maximum absolute atomic E-state index is 12.9. The maximum Gasteiger partial charge on any atom is 0.416 e. The molecule has 158 valence electrons. The molecule has 0 atom stereocenters. The van der Waals surface area contributed by atoms with Crippen LogP contribution in [0.25, 0.3) is 0 Å². The lowest BCUT2D eigenvalue weighted by molar-refractivity contribution is -0.137. The SMILES string of the molecule is CC(C)(C)[Si](C)(C)OCc1ccc(OC(=O)c2cc(C(F)(F)F)ccc2Cl)cc1. The van der Waals surface area contributed by atoms with Crippen LogP contribution in [0.1, 0.15) is 42.3 Å². The second-order valence-corrected chi connectivity index (χ2v) is 13.5. The topological polar surface area (TPSA) is 35.5 Å². The number of benzene rings is 2. The van der Waals surface area contributed by atoms with Gasteiger partial charge in [-0.2, -0.15) is 13.2 Å². The normalized spacial score (nSPS) is 12.7. The molecule has 0 saturated heterocycles. The number of rotatable bonds is 5. The molecule has 0 saturated carbocycles. The largest absolute Gasteiger partial charge is 0.423 e. The summed E-state index contributed by atoms with van der Waals surface area (Å²) >= 11 is 5.87. The highest BCUT2D eigenvalue weighted by atomic mass is 35.5. The first-order chi connectivity index (χ1) is 13.2. The summed E-state index contributed by atoms with van der Waals surface area (Å²) in [6.07, 6.45) is -4.58. The molecule has 0 amide bonds. The Hall–Kier alpha value is -1.83. The van der Waals surface area contributed by atoms with Crippen LogP contribution in [0.5, 0.6) is 5.75 Å². The molecule has 0 aliphatic heterocycles. The van der Waals surface area contributed by atoms with Crippen molar-refractivity contribution < 1.29 is 27.1 Å². The van der Waals surface area contributed by atoms with E-state index in [0.29, 0.717) is 12.7 Å². The zero-order valence-corrected chi connectivity index (χ0v) is 18.7. The van der Waals surface area contributed by atoms with Crippen LogP contribution in [0.3, 0.4) is 0 Å². The molecule has 0 N–H and O–H groups in total. The van der Waals surface area contributed by atoms with Crippen molar-refractivity contribution in [2.45, 2.75) is 51.7 Å². The number of halogens is 4. The Morgan fingerprint density at radius 3 is 2.14 bits per heavy atom. The molecule has 2 aromatic rings. The Balaban J connectivity index is 2.08. The zero-order chi connectivity index (χ0) is 22.0. The van der Waals surface area contributed by atoms with E-state index in [2.05, 4.69) is 33.9 Å². The van der Waals surface area contributed by atoms with E-state index in [9.17, 15) is 18.0 Å². The predicted octanol–water partition coefficient (Wildman–Crippen LogP) is 7.10. The van der Waals surface area contributed by atoms with Gasteiger partial charge in [-0.15, -0.1) is 0 Å². The van der Waals surface area contributed by atoms with Gasteiger partial charge in [0.15, 0.2) is 8.32 Å². The molecule has 0 aliphatic rings. The lowest BCUT2D eigenvalue weighted by Crippen LogP contribution is -2.40. The molecule has 29 heavy (non-hydrogen) atoms. The van der Waals surface area contributed by atoms with Gasteiger partial charge in [-0.25, -0.2) is 4.79 Å². The molecule has 8 heteroatoms. The van der Waals surface area contributed by atoms with Crippen molar-refractivity contribution in [2.75, 3.05) is 0 Å². The highest BCUT2D eigenvalue weighted by Crippen LogP contribution is 2.37. The second-order valence-electron chi connectivity index (χ2n) is 8.27. The van der Waals surface area contributed by atoms with E-state index < -0.39 is 26.0 Å². The van der Waals surface area contributed by atoms with Gasteiger partial charge >= 0.3 is 12.1 Å². The van der Waals surface area contributed by atoms with Gasteiger partial charge < -0.3 is 9.16 Å². The van der Waals surface area contributed by atoms with Crippen molar-refractivity contribution >= 4 is 25.9 Å². The molecular weight excluding hydrogens is 421 g/mol. The summed E-state index contributed by atoms with van der Waals surface area (Å²) in [7, 11) is -1.89. The molecule has 2 aromatic carbocycles. The number of alkyl halides is 3. The predicted molar refractivity (Wildman–Crippen MR) is 110 cm³/mol. The summed E-state index contributed by atoms with van der Waals surface area (Å²) in [6.45, 7) is 11.2. The van der Waals surface area contributed by atoms with Gasteiger partial charge in [0.05, 0.1) is 22.8 Å². The van der Waals surface area contributed by atoms with Crippen LogP contribution < -0.4 is 4.74 Å². The lowest BCUT2D eigenvalue weighted by Gasteiger charge is -2.36. The summed E-state index contributed by atoms with van der Waals surface area (Å²) in [5, 5.41) is -0.0189. The van der Waals surface area contributed by atoms with Crippen molar-refractivity contribution in [1.82, 2.24) is 0 Å². The van der Waals surface area contributed by atoms with Crippen molar-refractivity contribution in [3.8, 4) is 5.75 Å². The van der Waals surface area contributed by atoms with Crippen LogP contribution in [0.4, 0.5) is 13.2 Å². The third-order valence-corrected chi connectivity index (χ3v) is 9.86. The Labute approximate surface area is 174 Å². The van der Waals surface area contributed by atoms with Gasteiger partial charge in [-0.1, -0.05) is 44.5 Å². The summed E-state index contributed by atoms with van der Waals surface area (Å²) in [5.41, 5.74) is -0.398. The van der Waals surface area contributed by atoms with E-state index in [0.717, 1.165) is 17.7 Å². The summed E-state index contributed by atoms with van der Waals surface area (Å²) in [4.78, 5) is 12.3. The van der Waals surface area contributed by atoms with Crippen LogP contribution in [-0.2, 0) is 17.2 Å².